The van der Waals surface area contributed by atoms with Crippen molar-refractivity contribution < 1.29 is 37.3 Å². The lowest BCUT2D eigenvalue weighted by Gasteiger charge is -2.28. The topological polar surface area (TPSA) is 94.1 Å². The molecule has 0 bridgehead atoms. The normalized spacial score (nSPS) is 14.1. The number of phosphoric ester groups is 1. The monoisotopic (exact) mass is 852 g/mol. The number of ether oxygens (including phenoxy) is 2. The van der Waals surface area contributed by atoms with Crippen LogP contribution < -0.4 is 4.89 Å². The third-order valence-electron chi connectivity index (χ3n) is 10.4. The zero-order valence-corrected chi connectivity index (χ0v) is 40.1. The molecule has 2 unspecified atom stereocenters. The Labute approximate surface area is 365 Å². The van der Waals surface area contributed by atoms with Crippen LogP contribution >= 0.6 is 7.82 Å². The summed E-state index contributed by atoms with van der Waals surface area (Å²) in [5.41, 5.74) is 0. The number of hydrogen-bond donors (Lipinski definition) is 0. The summed E-state index contributed by atoms with van der Waals surface area (Å²) < 4.78 is 34.7. The van der Waals surface area contributed by atoms with Crippen LogP contribution in [0.2, 0.25) is 0 Å². The minimum Gasteiger partial charge on any atom is -0.756 e. The first-order valence-corrected chi connectivity index (χ1v) is 25.8. The molecule has 0 fully saturated rings. The van der Waals surface area contributed by atoms with Crippen molar-refractivity contribution in [2.45, 2.75) is 213 Å². The minimum atomic E-state index is -4.53. The molecule has 9 heteroatoms. The molecule has 0 aromatic rings. The first-order chi connectivity index (χ1) is 28.6. The molecule has 0 aromatic carbocycles. The van der Waals surface area contributed by atoms with Gasteiger partial charge in [0.1, 0.15) is 19.3 Å². The van der Waals surface area contributed by atoms with Crippen molar-refractivity contribution in [3.05, 3.63) is 48.6 Å². The Morgan fingerprint density at radius 3 is 1.49 bits per heavy atom. The first-order valence-electron chi connectivity index (χ1n) is 24.4. The van der Waals surface area contributed by atoms with Crippen molar-refractivity contribution in [3.8, 4) is 0 Å². The van der Waals surface area contributed by atoms with Gasteiger partial charge in [-0.05, 0) is 70.6 Å². The average molecular weight is 852 g/mol. The highest BCUT2D eigenvalue weighted by Crippen LogP contribution is 2.38. The maximum atomic E-state index is 12.7. The summed E-state index contributed by atoms with van der Waals surface area (Å²) in [6.07, 6.45) is 52.7. The van der Waals surface area contributed by atoms with Gasteiger partial charge < -0.3 is 27.9 Å². The van der Waals surface area contributed by atoms with Crippen LogP contribution in [-0.2, 0) is 27.9 Å². The van der Waals surface area contributed by atoms with Crippen LogP contribution in [0.1, 0.15) is 206 Å². The van der Waals surface area contributed by atoms with Gasteiger partial charge >= 0.3 is 5.97 Å². The Kier molecular flexibility index (Phi) is 42.0. The molecule has 0 saturated heterocycles. The third kappa shape index (κ3) is 47.4. The smallest absolute Gasteiger partial charge is 0.306 e. The largest absolute Gasteiger partial charge is 0.756 e. The molecule has 0 spiro atoms. The maximum Gasteiger partial charge on any atom is 0.306 e. The van der Waals surface area contributed by atoms with Crippen molar-refractivity contribution in [1.82, 2.24) is 0 Å². The minimum absolute atomic E-state index is 0.0219. The fraction of sp³-hybridized carbons (Fsp3) is 0.820. The zero-order chi connectivity index (χ0) is 43.4. The summed E-state index contributed by atoms with van der Waals surface area (Å²) in [5.74, 6) is -0.341. The number of unbranched alkanes of at least 4 members (excludes halogenated alkanes) is 23. The van der Waals surface area contributed by atoms with E-state index in [9.17, 15) is 14.3 Å². The zero-order valence-electron chi connectivity index (χ0n) is 39.2. The van der Waals surface area contributed by atoms with E-state index >= 15 is 0 Å². The molecule has 2 atom stereocenters. The summed E-state index contributed by atoms with van der Waals surface area (Å²) in [5, 5.41) is 0. The van der Waals surface area contributed by atoms with Crippen molar-refractivity contribution in [3.63, 3.8) is 0 Å². The van der Waals surface area contributed by atoms with Crippen LogP contribution in [0, 0.1) is 0 Å². The number of likely N-dealkylation sites (N-methyl/N-ethyl adjacent to an activating group) is 1. The molecule has 0 aromatic heterocycles. The van der Waals surface area contributed by atoms with E-state index in [1.54, 1.807) is 0 Å². The summed E-state index contributed by atoms with van der Waals surface area (Å²) in [6.45, 7) is 5.28. The van der Waals surface area contributed by atoms with Crippen molar-refractivity contribution >= 4 is 13.8 Å². The predicted molar refractivity (Wildman–Crippen MR) is 250 cm³/mol. The Balaban J connectivity index is 4.17. The summed E-state index contributed by atoms with van der Waals surface area (Å²) in [4.78, 5) is 25.1. The predicted octanol–water partition coefficient (Wildman–Crippen LogP) is 14.1. The maximum absolute atomic E-state index is 12.7. The van der Waals surface area contributed by atoms with Crippen LogP contribution in [0.5, 0.6) is 0 Å². The number of hydrogen-bond acceptors (Lipinski definition) is 7. The second-order valence-corrected chi connectivity index (χ2v) is 18.8. The van der Waals surface area contributed by atoms with E-state index in [0.717, 1.165) is 64.2 Å². The number of allylic oxidation sites excluding steroid dienone is 8. The van der Waals surface area contributed by atoms with Gasteiger partial charge in [0, 0.05) is 13.0 Å². The second-order valence-electron chi connectivity index (χ2n) is 17.4. The van der Waals surface area contributed by atoms with Crippen molar-refractivity contribution in [2.24, 2.45) is 0 Å². The van der Waals surface area contributed by atoms with Gasteiger partial charge in [0.2, 0.25) is 0 Å². The average Bonchev–Trinajstić information content (AvgIpc) is 3.19. The van der Waals surface area contributed by atoms with E-state index in [2.05, 4.69) is 62.5 Å². The Morgan fingerprint density at radius 1 is 0.542 bits per heavy atom. The van der Waals surface area contributed by atoms with E-state index in [-0.39, 0.29) is 25.8 Å². The van der Waals surface area contributed by atoms with Crippen molar-refractivity contribution in [2.75, 3.05) is 54.1 Å². The number of rotatable bonds is 45. The van der Waals surface area contributed by atoms with Gasteiger partial charge in [-0.1, -0.05) is 178 Å². The molecule has 0 amide bonds. The van der Waals surface area contributed by atoms with Crippen LogP contribution in [-0.4, -0.2) is 70.7 Å². The highest BCUT2D eigenvalue weighted by atomic mass is 31.2. The summed E-state index contributed by atoms with van der Waals surface area (Å²) >= 11 is 0. The lowest BCUT2D eigenvalue weighted by molar-refractivity contribution is -0.870. The molecule has 8 nitrogen and oxygen atoms in total. The fourth-order valence-corrected chi connectivity index (χ4v) is 7.34. The van der Waals surface area contributed by atoms with Gasteiger partial charge in [-0.2, -0.15) is 0 Å². The highest BCUT2D eigenvalue weighted by Gasteiger charge is 2.20. The van der Waals surface area contributed by atoms with E-state index < -0.39 is 13.9 Å². The molecule has 0 rings (SSSR count). The summed E-state index contributed by atoms with van der Waals surface area (Å²) in [6, 6.07) is 0. The van der Waals surface area contributed by atoms with Crippen LogP contribution in [0.4, 0.5) is 0 Å². The molecule has 0 saturated carbocycles. The van der Waals surface area contributed by atoms with Gasteiger partial charge in [-0.25, -0.2) is 0 Å². The third-order valence-corrected chi connectivity index (χ3v) is 11.3. The molecule has 346 valence electrons. The number of nitrogens with zero attached hydrogens (tertiary/aromatic N) is 1. The molecule has 0 heterocycles. The molecule has 0 radical (unpaired) electrons. The molecular formula is C50H94NO7P. The lowest BCUT2D eigenvalue weighted by Crippen LogP contribution is -2.37. The van der Waals surface area contributed by atoms with Gasteiger partial charge in [0.15, 0.2) is 0 Å². The van der Waals surface area contributed by atoms with Gasteiger partial charge in [0.05, 0.1) is 34.4 Å². The molecule has 0 N–H and O–H groups in total. The van der Waals surface area contributed by atoms with Crippen LogP contribution in [0.25, 0.3) is 0 Å². The molecule has 0 aliphatic carbocycles. The second kappa shape index (κ2) is 43.1. The van der Waals surface area contributed by atoms with E-state index in [1.807, 2.05) is 21.1 Å². The van der Waals surface area contributed by atoms with Gasteiger partial charge in [0.25, 0.3) is 7.82 Å². The molecule has 0 aliphatic heterocycles. The fourth-order valence-electron chi connectivity index (χ4n) is 6.61. The molecular weight excluding hydrogens is 758 g/mol. The Morgan fingerprint density at radius 2 is 0.983 bits per heavy atom. The highest BCUT2D eigenvalue weighted by molar-refractivity contribution is 7.45. The van der Waals surface area contributed by atoms with Gasteiger partial charge in [-0.15, -0.1) is 0 Å². The van der Waals surface area contributed by atoms with E-state index in [1.165, 1.54) is 122 Å². The van der Waals surface area contributed by atoms with Crippen LogP contribution in [0.3, 0.4) is 0 Å². The standard InChI is InChI=1S/C50H94NO7P/c1-6-8-10-12-14-16-18-20-22-24-25-26-27-28-29-31-33-35-37-39-41-43-50(52)58-49(48-57-59(53,54)56-46-44-51(3,4)5)47-55-45-42-40-38-36-34-32-30-23-21-19-17-15-13-11-9-7-2/h9,11,15,17,21,23-25,49H,6-8,10,12-14,16,18-20,22,26-48H2,1-5H3/b11-9-,17-15-,23-21-,25-24-. The van der Waals surface area contributed by atoms with E-state index in [0.29, 0.717) is 24.1 Å². The Hall–Kier alpha value is -1.54. The number of carbonyl (C=O) groups excluding carboxylic acids is 1. The Bertz CT molecular complexity index is 1080. The van der Waals surface area contributed by atoms with E-state index in [4.69, 9.17) is 18.5 Å². The summed E-state index contributed by atoms with van der Waals surface area (Å²) in [7, 11) is 1.34. The first kappa shape index (κ1) is 57.5. The molecule has 59 heavy (non-hydrogen) atoms. The van der Waals surface area contributed by atoms with Crippen molar-refractivity contribution in [1.29, 1.82) is 0 Å². The number of phosphoric acid groups is 1. The number of quaternary nitrogens is 1. The molecule has 0 aliphatic rings. The quantitative estimate of drug-likeness (QED) is 0.0198. The van der Waals surface area contributed by atoms with Gasteiger partial charge in [-0.3, -0.25) is 9.36 Å². The number of carbonyl (C=O) groups is 1. The number of esters is 1. The lowest BCUT2D eigenvalue weighted by atomic mass is 10.1. The SMILES string of the molecule is CC/C=C\C/C=C\C/C=C\CCCCCCCCOCC(COP(=O)([O-])OCC[N+](C)(C)C)OC(=O)CCCCCCCCCCC/C=C\CCCCCCCCCC. The van der Waals surface area contributed by atoms with Crippen LogP contribution in [0.15, 0.2) is 48.6 Å².